The molecule has 158 valence electrons. The number of nitrogens with zero attached hydrogens (tertiary/aromatic N) is 2. The third kappa shape index (κ3) is 5.60. The van der Waals surface area contributed by atoms with E-state index in [1.165, 1.54) is 16.8 Å². The molecule has 2 unspecified atom stereocenters. The molecule has 3 rings (SSSR count). The largest absolute Gasteiger partial charge is 0.491 e. The van der Waals surface area contributed by atoms with Crippen LogP contribution in [0.15, 0.2) is 73.1 Å². The molecule has 1 amide bonds. The minimum Gasteiger partial charge on any atom is -0.491 e. The van der Waals surface area contributed by atoms with E-state index in [1.807, 2.05) is 18.2 Å². The number of hydrogen-bond donors (Lipinski definition) is 2. The standard InChI is InChI=1S/C21H20F3N3O3/c22-21(23,24)16-7-9-18(10-8-16)30-14-17(28)13-25-20(29)19(27-12-4-11-26-27)15-5-2-1-3-6-15/h1-12,17,19,28H,13-14H2,(H,25,29). The summed E-state index contributed by atoms with van der Waals surface area (Å²) in [7, 11) is 0. The first-order valence-electron chi connectivity index (χ1n) is 9.14. The normalized spacial score (nSPS) is 13.5. The van der Waals surface area contributed by atoms with Gasteiger partial charge in [0.15, 0.2) is 6.04 Å². The molecule has 0 fully saturated rings. The number of alkyl halides is 3. The number of amides is 1. The van der Waals surface area contributed by atoms with Crippen LogP contribution in [0.25, 0.3) is 0 Å². The van der Waals surface area contributed by atoms with Gasteiger partial charge in [-0.25, -0.2) is 0 Å². The minimum absolute atomic E-state index is 0.0932. The molecule has 6 nitrogen and oxygen atoms in total. The van der Waals surface area contributed by atoms with Crippen molar-refractivity contribution in [2.75, 3.05) is 13.2 Å². The number of ether oxygens (including phenoxy) is 1. The molecular formula is C21H20F3N3O3. The van der Waals surface area contributed by atoms with Crippen LogP contribution < -0.4 is 10.1 Å². The van der Waals surface area contributed by atoms with Crippen molar-refractivity contribution in [3.63, 3.8) is 0 Å². The van der Waals surface area contributed by atoms with Crippen molar-refractivity contribution in [1.82, 2.24) is 15.1 Å². The topological polar surface area (TPSA) is 76.4 Å². The first-order valence-corrected chi connectivity index (χ1v) is 9.14. The van der Waals surface area contributed by atoms with Gasteiger partial charge < -0.3 is 15.2 Å². The lowest BCUT2D eigenvalue weighted by molar-refractivity contribution is -0.137. The second-order valence-corrected chi connectivity index (χ2v) is 6.53. The lowest BCUT2D eigenvalue weighted by Gasteiger charge is -2.19. The Labute approximate surface area is 170 Å². The highest BCUT2D eigenvalue weighted by atomic mass is 19.4. The van der Waals surface area contributed by atoms with Crippen LogP contribution in [0.1, 0.15) is 17.2 Å². The predicted molar refractivity (Wildman–Crippen MR) is 103 cm³/mol. The van der Waals surface area contributed by atoms with Crippen LogP contribution in [0, 0.1) is 0 Å². The first-order chi connectivity index (χ1) is 14.3. The Balaban J connectivity index is 1.54. The SMILES string of the molecule is O=C(NCC(O)COc1ccc(C(F)(F)F)cc1)C(c1ccccc1)n1cccn1. The molecule has 0 saturated carbocycles. The van der Waals surface area contributed by atoms with Crippen molar-refractivity contribution >= 4 is 5.91 Å². The Morgan fingerprint density at radius 2 is 1.80 bits per heavy atom. The van der Waals surface area contributed by atoms with Gasteiger partial charge >= 0.3 is 6.18 Å². The van der Waals surface area contributed by atoms with E-state index in [0.29, 0.717) is 0 Å². The number of nitrogens with one attached hydrogen (secondary N) is 1. The predicted octanol–water partition coefficient (Wildman–Crippen LogP) is 3.05. The summed E-state index contributed by atoms with van der Waals surface area (Å²) in [6.45, 7) is -0.284. The van der Waals surface area contributed by atoms with Gasteiger partial charge in [0.2, 0.25) is 5.91 Å². The average Bonchev–Trinajstić information content (AvgIpc) is 3.25. The summed E-state index contributed by atoms with van der Waals surface area (Å²) in [6, 6.07) is 14.2. The molecule has 2 atom stereocenters. The Kier molecular flexibility index (Phi) is 6.73. The summed E-state index contributed by atoms with van der Waals surface area (Å²) in [5, 5.41) is 16.9. The Morgan fingerprint density at radius 1 is 1.10 bits per heavy atom. The van der Waals surface area contributed by atoms with Crippen LogP contribution in [0.2, 0.25) is 0 Å². The first kappa shape index (κ1) is 21.4. The van der Waals surface area contributed by atoms with Crippen molar-refractivity contribution in [3.8, 4) is 5.75 Å². The summed E-state index contributed by atoms with van der Waals surface area (Å²) in [4.78, 5) is 12.7. The van der Waals surface area contributed by atoms with Crippen molar-refractivity contribution in [2.24, 2.45) is 0 Å². The third-order valence-corrected chi connectivity index (χ3v) is 4.29. The summed E-state index contributed by atoms with van der Waals surface area (Å²) in [6.07, 6.45) is -2.24. The zero-order chi connectivity index (χ0) is 21.6. The van der Waals surface area contributed by atoms with Gasteiger partial charge in [0.05, 0.1) is 5.56 Å². The lowest BCUT2D eigenvalue weighted by atomic mass is 10.1. The summed E-state index contributed by atoms with van der Waals surface area (Å²) >= 11 is 0. The molecule has 0 bridgehead atoms. The van der Waals surface area contributed by atoms with E-state index >= 15 is 0 Å². The Hall–Kier alpha value is -3.33. The molecule has 0 aliphatic heterocycles. The monoisotopic (exact) mass is 419 g/mol. The summed E-state index contributed by atoms with van der Waals surface area (Å²) in [5.41, 5.74) is -0.0533. The van der Waals surface area contributed by atoms with E-state index in [-0.39, 0.29) is 24.8 Å². The molecule has 0 spiro atoms. The molecule has 30 heavy (non-hydrogen) atoms. The second-order valence-electron chi connectivity index (χ2n) is 6.53. The zero-order valence-electron chi connectivity index (χ0n) is 15.8. The molecule has 0 saturated heterocycles. The van der Waals surface area contributed by atoms with Crippen LogP contribution in [-0.4, -0.2) is 40.0 Å². The Bertz CT molecular complexity index is 930. The number of carbonyl (C=O) groups excluding carboxylic acids is 1. The number of hydrogen-bond acceptors (Lipinski definition) is 4. The summed E-state index contributed by atoms with van der Waals surface area (Å²) < 4.78 is 44.5. The Morgan fingerprint density at radius 3 is 2.40 bits per heavy atom. The molecule has 2 aromatic carbocycles. The number of aliphatic hydroxyl groups is 1. The second kappa shape index (κ2) is 9.45. The quantitative estimate of drug-likeness (QED) is 0.589. The van der Waals surface area contributed by atoms with Crippen LogP contribution in [0.4, 0.5) is 13.2 Å². The van der Waals surface area contributed by atoms with Crippen molar-refractivity contribution < 1.29 is 27.8 Å². The molecule has 0 aliphatic rings. The van der Waals surface area contributed by atoms with Gasteiger partial charge in [0.1, 0.15) is 18.5 Å². The van der Waals surface area contributed by atoms with E-state index < -0.39 is 23.9 Å². The highest BCUT2D eigenvalue weighted by molar-refractivity contribution is 5.83. The van der Waals surface area contributed by atoms with Crippen LogP contribution in [-0.2, 0) is 11.0 Å². The molecule has 0 aliphatic carbocycles. The number of aromatic nitrogens is 2. The maximum atomic E-state index is 12.7. The smallest absolute Gasteiger partial charge is 0.416 e. The maximum absolute atomic E-state index is 12.7. The van der Waals surface area contributed by atoms with E-state index in [0.717, 1.165) is 17.7 Å². The maximum Gasteiger partial charge on any atom is 0.416 e. The molecule has 9 heteroatoms. The molecule has 0 radical (unpaired) electrons. The number of halogens is 3. The van der Waals surface area contributed by atoms with Gasteiger partial charge in [-0.15, -0.1) is 0 Å². The fourth-order valence-corrected chi connectivity index (χ4v) is 2.80. The number of benzene rings is 2. The van der Waals surface area contributed by atoms with Gasteiger partial charge in [-0.2, -0.15) is 18.3 Å². The van der Waals surface area contributed by atoms with Gasteiger partial charge in [-0.1, -0.05) is 30.3 Å². The van der Waals surface area contributed by atoms with Crippen LogP contribution >= 0.6 is 0 Å². The number of rotatable bonds is 8. The minimum atomic E-state index is -4.42. The van der Waals surface area contributed by atoms with E-state index in [4.69, 9.17) is 4.74 Å². The molecule has 2 N–H and O–H groups in total. The van der Waals surface area contributed by atoms with Gasteiger partial charge in [0, 0.05) is 18.9 Å². The van der Waals surface area contributed by atoms with Crippen LogP contribution in [0.5, 0.6) is 5.75 Å². The molecule has 1 heterocycles. The van der Waals surface area contributed by atoms with E-state index in [2.05, 4.69) is 10.4 Å². The fourth-order valence-electron chi connectivity index (χ4n) is 2.80. The summed E-state index contributed by atoms with van der Waals surface area (Å²) in [5.74, 6) is -0.175. The van der Waals surface area contributed by atoms with E-state index in [1.54, 1.807) is 30.6 Å². The number of carbonyl (C=O) groups is 1. The van der Waals surface area contributed by atoms with Gasteiger partial charge in [-0.3, -0.25) is 9.48 Å². The molecule has 1 aromatic heterocycles. The van der Waals surface area contributed by atoms with Gasteiger partial charge in [0.25, 0.3) is 0 Å². The number of aliphatic hydroxyl groups excluding tert-OH is 1. The molecular weight excluding hydrogens is 399 g/mol. The third-order valence-electron chi connectivity index (χ3n) is 4.29. The van der Waals surface area contributed by atoms with Crippen molar-refractivity contribution in [1.29, 1.82) is 0 Å². The highest BCUT2D eigenvalue weighted by Crippen LogP contribution is 2.30. The van der Waals surface area contributed by atoms with Crippen LogP contribution in [0.3, 0.4) is 0 Å². The van der Waals surface area contributed by atoms with E-state index in [9.17, 15) is 23.1 Å². The average molecular weight is 419 g/mol. The zero-order valence-corrected chi connectivity index (χ0v) is 15.8. The lowest BCUT2D eigenvalue weighted by Crippen LogP contribution is -2.39. The van der Waals surface area contributed by atoms with Gasteiger partial charge in [-0.05, 0) is 35.9 Å². The van der Waals surface area contributed by atoms with Crippen molar-refractivity contribution in [3.05, 3.63) is 84.2 Å². The highest BCUT2D eigenvalue weighted by Gasteiger charge is 2.30. The molecule has 3 aromatic rings. The van der Waals surface area contributed by atoms with Crippen molar-refractivity contribution in [2.45, 2.75) is 18.3 Å². The fraction of sp³-hybridized carbons (Fsp3) is 0.238.